The fourth-order valence-corrected chi connectivity index (χ4v) is 2.43. The van der Waals surface area contributed by atoms with Crippen molar-refractivity contribution in [2.75, 3.05) is 13.7 Å². The van der Waals surface area contributed by atoms with Crippen LogP contribution in [0.1, 0.15) is 55.3 Å². The molecule has 0 aliphatic rings. The lowest BCUT2D eigenvalue weighted by molar-refractivity contribution is -0.132. The number of benzene rings is 1. The minimum absolute atomic E-state index is 0.0468. The largest absolute Gasteiger partial charge is 0.494 e. The first-order valence-electron chi connectivity index (χ1n) is 8.58. The van der Waals surface area contributed by atoms with Gasteiger partial charge in [-0.3, -0.25) is 9.59 Å². The monoisotopic (exact) mass is 343 g/mol. The summed E-state index contributed by atoms with van der Waals surface area (Å²) in [4.78, 5) is 26.2. The van der Waals surface area contributed by atoms with Gasteiger partial charge in [-0.05, 0) is 49.7 Å². The van der Waals surface area contributed by atoms with Gasteiger partial charge in [-0.1, -0.05) is 6.92 Å². The van der Waals surface area contributed by atoms with Crippen LogP contribution >= 0.6 is 0 Å². The van der Waals surface area contributed by atoms with Gasteiger partial charge in [0, 0.05) is 25.5 Å². The highest BCUT2D eigenvalue weighted by molar-refractivity contribution is 5.98. The molecular formula is C20H25NO4. The number of furan rings is 1. The molecule has 0 N–H and O–H groups in total. The molecule has 5 heteroatoms. The van der Waals surface area contributed by atoms with Gasteiger partial charge in [-0.15, -0.1) is 0 Å². The van der Waals surface area contributed by atoms with Crippen LogP contribution in [0.4, 0.5) is 0 Å². The van der Waals surface area contributed by atoms with Crippen molar-refractivity contribution in [1.82, 2.24) is 4.90 Å². The number of ether oxygens (including phenoxy) is 1. The molecule has 25 heavy (non-hydrogen) atoms. The van der Waals surface area contributed by atoms with Crippen LogP contribution in [0.2, 0.25) is 0 Å². The molecule has 2 aromatic rings. The lowest BCUT2D eigenvalue weighted by atomic mass is 10.1. The number of Topliss-reactive ketones (excluding diaryl/α,β-unsaturated/α-hetero) is 1. The Balaban J connectivity index is 1.85. The second-order valence-corrected chi connectivity index (χ2v) is 5.99. The molecule has 1 unspecified atom stereocenters. The Kier molecular flexibility index (Phi) is 6.81. The SMILES string of the molecule is CCCOc1ccc(C(=O)CCC(=O)N(C)C(C)c2ccco2)cc1. The summed E-state index contributed by atoms with van der Waals surface area (Å²) in [6.07, 6.45) is 2.88. The van der Waals surface area contributed by atoms with E-state index in [1.165, 1.54) is 0 Å². The van der Waals surface area contributed by atoms with E-state index in [4.69, 9.17) is 9.15 Å². The lowest BCUT2D eigenvalue weighted by Gasteiger charge is -2.23. The predicted octanol–water partition coefficient (Wildman–Crippen LogP) is 4.25. The van der Waals surface area contributed by atoms with Crippen LogP contribution in [0, 0.1) is 0 Å². The van der Waals surface area contributed by atoms with E-state index in [-0.39, 0.29) is 30.6 Å². The quantitative estimate of drug-likeness (QED) is 0.639. The summed E-state index contributed by atoms with van der Waals surface area (Å²) in [6.45, 7) is 4.59. The van der Waals surface area contributed by atoms with Crippen molar-refractivity contribution in [2.45, 2.75) is 39.2 Å². The summed E-state index contributed by atoms with van der Waals surface area (Å²) in [5.74, 6) is 1.35. The van der Waals surface area contributed by atoms with Crippen molar-refractivity contribution in [3.05, 3.63) is 54.0 Å². The first kappa shape index (κ1) is 18.8. The third kappa shape index (κ3) is 5.21. The summed E-state index contributed by atoms with van der Waals surface area (Å²) in [6, 6.07) is 10.5. The normalized spacial score (nSPS) is 11.8. The highest BCUT2D eigenvalue weighted by atomic mass is 16.5. The van der Waals surface area contributed by atoms with E-state index in [1.54, 1.807) is 48.5 Å². The Labute approximate surface area is 148 Å². The van der Waals surface area contributed by atoms with Gasteiger partial charge in [-0.25, -0.2) is 0 Å². The topological polar surface area (TPSA) is 59.8 Å². The summed E-state index contributed by atoms with van der Waals surface area (Å²) in [5, 5.41) is 0. The second kappa shape index (κ2) is 9.06. The molecule has 0 radical (unpaired) electrons. The van der Waals surface area contributed by atoms with Crippen molar-refractivity contribution in [1.29, 1.82) is 0 Å². The molecule has 1 atom stereocenters. The lowest BCUT2D eigenvalue weighted by Crippen LogP contribution is -2.29. The van der Waals surface area contributed by atoms with Gasteiger partial charge in [0.1, 0.15) is 11.5 Å². The molecule has 0 bridgehead atoms. The van der Waals surface area contributed by atoms with E-state index in [1.807, 2.05) is 19.9 Å². The summed E-state index contributed by atoms with van der Waals surface area (Å²) in [5.41, 5.74) is 0.596. The number of nitrogens with zero attached hydrogens (tertiary/aromatic N) is 1. The number of carbonyl (C=O) groups excluding carboxylic acids is 2. The van der Waals surface area contributed by atoms with Crippen molar-refractivity contribution in [3.8, 4) is 5.75 Å². The maximum Gasteiger partial charge on any atom is 0.223 e. The van der Waals surface area contributed by atoms with E-state index in [2.05, 4.69) is 0 Å². The highest BCUT2D eigenvalue weighted by Gasteiger charge is 2.20. The molecule has 5 nitrogen and oxygen atoms in total. The van der Waals surface area contributed by atoms with Crippen molar-refractivity contribution in [2.24, 2.45) is 0 Å². The Morgan fingerprint density at radius 3 is 2.48 bits per heavy atom. The van der Waals surface area contributed by atoms with Crippen LogP contribution in [0.5, 0.6) is 5.75 Å². The molecular weight excluding hydrogens is 318 g/mol. The molecule has 134 valence electrons. The standard InChI is InChI=1S/C20H25NO4/c1-4-13-24-17-9-7-16(8-10-17)18(22)11-12-20(23)21(3)15(2)19-6-5-14-25-19/h5-10,14-15H,4,11-13H2,1-3H3. The fourth-order valence-electron chi connectivity index (χ4n) is 2.43. The van der Waals surface area contributed by atoms with Crippen LogP contribution in [-0.4, -0.2) is 30.2 Å². The van der Waals surface area contributed by atoms with Crippen molar-refractivity contribution < 1.29 is 18.7 Å². The number of carbonyl (C=O) groups is 2. The Morgan fingerprint density at radius 1 is 1.16 bits per heavy atom. The van der Waals surface area contributed by atoms with Crippen LogP contribution in [-0.2, 0) is 4.79 Å². The van der Waals surface area contributed by atoms with Gasteiger partial charge in [0.05, 0.1) is 18.9 Å². The maximum atomic E-state index is 12.3. The molecule has 0 fully saturated rings. The molecule has 1 heterocycles. The van der Waals surface area contributed by atoms with Gasteiger partial charge >= 0.3 is 0 Å². The van der Waals surface area contributed by atoms with Crippen LogP contribution < -0.4 is 4.74 Å². The molecule has 0 saturated carbocycles. The third-order valence-electron chi connectivity index (χ3n) is 4.14. The second-order valence-electron chi connectivity index (χ2n) is 5.99. The number of rotatable bonds is 9. The van der Waals surface area contributed by atoms with E-state index in [0.29, 0.717) is 12.2 Å². The Hall–Kier alpha value is -2.56. The maximum absolute atomic E-state index is 12.3. The van der Waals surface area contributed by atoms with Crippen LogP contribution in [0.15, 0.2) is 47.1 Å². The van der Waals surface area contributed by atoms with E-state index in [0.717, 1.165) is 17.9 Å². The molecule has 0 spiro atoms. The summed E-state index contributed by atoms with van der Waals surface area (Å²) < 4.78 is 10.8. The van der Waals surface area contributed by atoms with E-state index in [9.17, 15) is 9.59 Å². The molecule has 1 aromatic heterocycles. The minimum Gasteiger partial charge on any atom is -0.494 e. The van der Waals surface area contributed by atoms with E-state index < -0.39 is 0 Å². The first-order chi connectivity index (χ1) is 12.0. The number of amides is 1. The van der Waals surface area contributed by atoms with Crippen LogP contribution in [0.25, 0.3) is 0 Å². The molecule has 0 aliphatic heterocycles. The zero-order valence-corrected chi connectivity index (χ0v) is 15.0. The van der Waals surface area contributed by atoms with Gasteiger partial charge in [0.2, 0.25) is 5.91 Å². The van der Waals surface area contributed by atoms with Gasteiger partial charge < -0.3 is 14.1 Å². The molecule has 1 aromatic carbocycles. The molecule has 2 rings (SSSR count). The number of hydrogen-bond donors (Lipinski definition) is 0. The molecule has 0 saturated heterocycles. The zero-order valence-electron chi connectivity index (χ0n) is 15.0. The highest BCUT2D eigenvalue weighted by Crippen LogP contribution is 2.20. The minimum atomic E-state index is -0.160. The fraction of sp³-hybridized carbons (Fsp3) is 0.400. The van der Waals surface area contributed by atoms with E-state index >= 15 is 0 Å². The average Bonchev–Trinajstić information content (AvgIpc) is 3.18. The van der Waals surface area contributed by atoms with Gasteiger partial charge in [0.15, 0.2) is 5.78 Å². The first-order valence-corrected chi connectivity index (χ1v) is 8.58. The Morgan fingerprint density at radius 2 is 1.88 bits per heavy atom. The Bertz CT molecular complexity index is 676. The smallest absolute Gasteiger partial charge is 0.223 e. The summed E-state index contributed by atoms with van der Waals surface area (Å²) in [7, 11) is 1.72. The number of hydrogen-bond acceptors (Lipinski definition) is 4. The van der Waals surface area contributed by atoms with Gasteiger partial charge in [0.25, 0.3) is 0 Å². The summed E-state index contributed by atoms with van der Waals surface area (Å²) >= 11 is 0. The third-order valence-corrected chi connectivity index (χ3v) is 4.14. The molecule has 0 aliphatic carbocycles. The zero-order chi connectivity index (χ0) is 18.2. The molecule has 1 amide bonds. The van der Waals surface area contributed by atoms with Crippen molar-refractivity contribution >= 4 is 11.7 Å². The van der Waals surface area contributed by atoms with Gasteiger partial charge in [-0.2, -0.15) is 0 Å². The van der Waals surface area contributed by atoms with Crippen LogP contribution in [0.3, 0.4) is 0 Å². The average molecular weight is 343 g/mol. The predicted molar refractivity (Wildman–Crippen MR) is 95.7 cm³/mol. The number of ketones is 1. The van der Waals surface area contributed by atoms with Crippen molar-refractivity contribution in [3.63, 3.8) is 0 Å².